The van der Waals surface area contributed by atoms with Gasteiger partial charge in [-0.25, -0.2) is 4.98 Å². The van der Waals surface area contributed by atoms with E-state index in [0.717, 1.165) is 19.3 Å². The zero-order valence-corrected chi connectivity index (χ0v) is 10.3. The maximum Gasteiger partial charge on any atom is 0.276 e. The third-order valence-electron chi connectivity index (χ3n) is 2.42. The van der Waals surface area contributed by atoms with E-state index in [4.69, 9.17) is 5.11 Å². The fraction of sp³-hybridized carbons (Fsp3) is 0.545. The predicted molar refractivity (Wildman–Crippen MR) is 69.9 cm³/mol. The molecule has 0 bridgehead atoms. The zero-order chi connectivity index (χ0) is 13.4. The van der Waals surface area contributed by atoms with E-state index < -0.39 is 4.92 Å². The third-order valence-corrected chi connectivity index (χ3v) is 2.42. The van der Waals surface area contributed by atoms with E-state index in [1.807, 2.05) is 0 Å². The van der Waals surface area contributed by atoms with Crippen molar-refractivity contribution in [1.29, 1.82) is 0 Å². The minimum absolute atomic E-state index is 0.00667. The summed E-state index contributed by atoms with van der Waals surface area (Å²) < 4.78 is 0. The molecule has 0 aliphatic carbocycles. The second kappa shape index (κ2) is 7.44. The van der Waals surface area contributed by atoms with Crippen LogP contribution in [0.25, 0.3) is 0 Å². The summed E-state index contributed by atoms with van der Waals surface area (Å²) in [4.78, 5) is 14.5. The minimum atomic E-state index is -0.445. The monoisotopic (exact) mass is 254 g/mol. The molecule has 7 nitrogen and oxygen atoms in total. The zero-order valence-electron chi connectivity index (χ0n) is 10.3. The Balaban J connectivity index is 2.58. The SMILES string of the molecule is CNc1cc([N+](=O)[O-])cc(NCCCCCO)n1. The number of nitrogens with one attached hydrogen (secondary N) is 2. The Hall–Kier alpha value is -1.89. The van der Waals surface area contributed by atoms with Crippen molar-refractivity contribution in [3.8, 4) is 0 Å². The molecule has 1 rings (SSSR count). The Kier molecular flexibility index (Phi) is 5.86. The van der Waals surface area contributed by atoms with E-state index in [9.17, 15) is 10.1 Å². The van der Waals surface area contributed by atoms with Crippen molar-refractivity contribution in [1.82, 2.24) is 4.98 Å². The first-order chi connectivity index (χ1) is 8.67. The summed E-state index contributed by atoms with van der Waals surface area (Å²) >= 11 is 0. The van der Waals surface area contributed by atoms with Crippen LogP contribution in [0.3, 0.4) is 0 Å². The molecule has 0 fully saturated rings. The summed E-state index contributed by atoms with van der Waals surface area (Å²) in [5.74, 6) is 0.944. The highest BCUT2D eigenvalue weighted by Gasteiger charge is 2.10. The maximum absolute atomic E-state index is 10.7. The van der Waals surface area contributed by atoms with Gasteiger partial charge in [0.1, 0.15) is 11.6 Å². The van der Waals surface area contributed by atoms with Crippen LogP contribution in [0.2, 0.25) is 0 Å². The molecule has 18 heavy (non-hydrogen) atoms. The van der Waals surface area contributed by atoms with Gasteiger partial charge < -0.3 is 15.7 Å². The number of aromatic nitrogens is 1. The number of pyridine rings is 1. The van der Waals surface area contributed by atoms with Gasteiger partial charge in [-0.15, -0.1) is 0 Å². The van der Waals surface area contributed by atoms with E-state index in [1.54, 1.807) is 7.05 Å². The number of aliphatic hydroxyl groups is 1. The van der Waals surface area contributed by atoms with Gasteiger partial charge in [0.15, 0.2) is 0 Å². The lowest BCUT2D eigenvalue weighted by Gasteiger charge is -2.07. The largest absolute Gasteiger partial charge is 0.396 e. The van der Waals surface area contributed by atoms with Crippen LogP contribution in [-0.2, 0) is 0 Å². The average Bonchev–Trinajstić information content (AvgIpc) is 2.38. The van der Waals surface area contributed by atoms with E-state index in [0.29, 0.717) is 18.2 Å². The highest BCUT2D eigenvalue weighted by Crippen LogP contribution is 2.20. The van der Waals surface area contributed by atoms with Crippen molar-refractivity contribution in [2.24, 2.45) is 0 Å². The van der Waals surface area contributed by atoms with Gasteiger partial charge in [0.2, 0.25) is 0 Å². The van der Waals surface area contributed by atoms with E-state index >= 15 is 0 Å². The smallest absolute Gasteiger partial charge is 0.276 e. The fourth-order valence-corrected chi connectivity index (χ4v) is 1.47. The molecule has 0 amide bonds. The molecule has 1 aromatic rings. The van der Waals surface area contributed by atoms with Gasteiger partial charge in [-0.2, -0.15) is 0 Å². The van der Waals surface area contributed by atoms with Crippen LogP contribution in [-0.4, -0.2) is 35.2 Å². The molecule has 100 valence electrons. The van der Waals surface area contributed by atoms with Crippen LogP contribution in [0.1, 0.15) is 19.3 Å². The lowest BCUT2D eigenvalue weighted by Crippen LogP contribution is -2.06. The normalized spacial score (nSPS) is 10.1. The number of nitrogens with zero attached hydrogens (tertiary/aromatic N) is 2. The van der Waals surface area contributed by atoms with Gasteiger partial charge in [0.05, 0.1) is 17.1 Å². The molecule has 3 N–H and O–H groups in total. The van der Waals surface area contributed by atoms with Crippen molar-refractivity contribution in [3.05, 3.63) is 22.2 Å². The summed E-state index contributed by atoms with van der Waals surface area (Å²) in [6.45, 7) is 0.871. The van der Waals surface area contributed by atoms with Crippen LogP contribution >= 0.6 is 0 Å². The van der Waals surface area contributed by atoms with Crippen LogP contribution < -0.4 is 10.6 Å². The van der Waals surface area contributed by atoms with Gasteiger partial charge in [-0.1, -0.05) is 0 Å². The first-order valence-corrected chi connectivity index (χ1v) is 5.86. The van der Waals surface area contributed by atoms with E-state index in [2.05, 4.69) is 15.6 Å². The first-order valence-electron chi connectivity index (χ1n) is 5.86. The Morgan fingerprint density at radius 2 is 2.06 bits per heavy atom. The van der Waals surface area contributed by atoms with Crippen LogP contribution in [0, 0.1) is 10.1 Å². The third kappa shape index (κ3) is 4.54. The number of unbranched alkanes of at least 4 members (excludes halogenated alkanes) is 2. The molecule has 0 atom stereocenters. The number of hydrogen-bond donors (Lipinski definition) is 3. The number of hydrogen-bond acceptors (Lipinski definition) is 6. The molecule has 7 heteroatoms. The van der Waals surface area contributed by atoms with Crippen LogP contribution in [0.4, 0.5) is 17.3 Å². The van der Waals surface area contributed by atoms with Gasteiger partial charge in [0.25, 0.3) is 5.69 Å². The second-order valence-electron chi connectivity index (χ2n) is 3.81. The summed E-state index contributed by atoms with van der Waals surface area (Å²) in [7, 11) is 1.66. The average molecular weight is 254 g/mol. The lowest BCUT2D eigenvalue weighted by atomic mass is 10.2. The summed E-state index contributed by atoms with van der Waals surface area (Å²) in [6.07, 6.45) is 2.57. The van der Waals surface area contributed by atoms with Crippen LogP contribution in [0.5, 0.6) is 0 Å². The summed E-state index contributed by atoms with van der Waals surface area (Å²) in [5, 5.41) is 25.2. The highest BCUT2D eigenvalue weighted by molar-refractivity contribution is 5.54. The van der Waals surface area contributed by atoms with E-state index in [1.165, 1.54) is 12.1 Å². The Morgan fingerprint density at radius 1 is 1.33 bits per heavy atom. The lowest BCUT2D eigenvalue weighted by molar-refractivity contribution is -0.384. The molecule has 1 aromatic heterocycles. The molecular formula is C11H18N4O3. The first kappa shape index (κ1) is 14.2. The Morgan fingerprint density at radius 3 is 2.67 bits per heavy atom. The molecule has 0 saturated carbocycles. The van der Waals surface area contributed by atoms with Crippen molar-refractivity contribution >= 4 is 17.3 Å². The van der Waals surface area contributed by atoms with Crippen molar-refractivity contribution in [2.75, 3.05) is 30.8 Å². The minimum Gasteiger partial charge on any atom is -0.396 e. The molecule has 0 saturated heterocycles. The molecule has 0 aliphatic rings. The quantitative estimate of drug-likeness (QED) is 0.370. The summed E-state index contributed by atoms with van der Waals surface area (Å²) in [5.41, 5.74) is 0.00667. The molecule has 1 heterocycles. The molecule has 0 radical (unpaired) electrons. The number of nitro groups is 1. The molecule has 0 spiro atoms. The van der Waals surface area contributed by atoms with E-state index in [-0.39, 0.29) is 12.3 Å². The molecular weight excluding hydrogens is 236 g/mol. The Bertz CT molecular complexity index is 398. The molecule has 0 aromatic carbocycles. The maximum atomic E-state index is 10.7. The van der Waals surface area contributed by atoms with Crippen LogP contribution in [0.15, 0.2) is 12.1 Å². The topological polar surface area (TPSA) is 100 Å². The highest BCUT2D eigenvalue weighted by atomic mass is 16.6. The van der Waals surface area contributed by atoms with Gasteiger partial charge in [-0.3, -0.25) is 10.1 Å². The number of rotatable bonds is 8. The molecule has 0 aliphatic heterocycles. The number of aliphatic hydroxyl groups excluding tert-OH is 1. The van der Waals surface area contributed by atoms with Gasteiger partial charge in [-0.05, 0) is 19.3 Å². The van der Waals surface area contributed by atoms with Gasteiger partial charge in [0, 0.05) is 20.2 Å². The molecule has 0 unspecified atom stereocenters. The standard InChI is InChI=1S/C11H18N4O3/c1-12-10-7-9(15(17)18)8-11(14-10)13-5-3-2-4-6-16/h7-8,16H,2-6H2,1H3,(H2,12,13,14). The summed E-state index contributed by atoms with van der Waals surface area (Å²) in [6, 6.07) is 2.80. The van der Waals surface area contributed by atoms with Crippen molar-refractivity contribution < 1.29 is 10.0 Å². The van der Waals surface area contributed by atoms with Crippen molar-refractivity contribution in [3.63, 3.8) is 0 Å². The predicted octanol–water partition coefficient (Wildman–Crippen LogP) is 1.61. The fourth-order valence-electron chi connectivity index (χ4n) is 1.47. The number of anilines is 2. The second-order valence-corrected chi connectivity index (χ2v) is 3.81. The van der Waals surface area contributed by atoms with Gasteiger partial charge >= 0.3 is 0 Å². The Labute approximate surface area is 105 Å². The van der Waals surface area contributed by atoms with Crippen molar-refractivity contribution in [2.45, 2.75) is 19.3 Å².